The van der Waals surface area contributed by atoms with Crippen LogP contribution >= 0.6 is 0 Å². The molecule has 2 rings (SSSR count). The SMILES string of the molecule is c1cc2c([nH]1)CC2. The number of aryl methyl sites for hydroxylation is 2. The summed E-state index contributed by atoms with van der Waals surface area (Å²) in [6.07, 6.45) is 4.57. The first-order valence-corrected chi connectivity index (χ1v) is 2.62. The molecule has 1 heteroatoms. The van der Waals surface area contributed by atoms with Crippen LogP contribution in [0.25, 0.3) is 0 Å². The van der Waals surface area contributed by atoms with Gasteiger partial charge >= 0.3 is 0 Å². The molecule has 0 radical (unpaired) electrons. The van der Waals surface area contributed by atoms with Gasteiger partial charge in [-0.1, -0.05) is 0 Å². The fourth-order valence-electron chi connectivity index (χ4n) is 0.986. The molecule has 7 heavy (non-hydrogen) atoms. The van der Waals surface area contributed by atoms with E-state index in [9.17, 15) is 0 Å². The van der Waals surface area contributed by atoms with Crippen molar-refractivity contribution in [2.75, 3.05) is 0 Å². The quantitative estimate of drug-likeness (QED) is 0.494. The van der Waals surface area contributed by atoms with E-state index < -0.39 is 0 Å². The van der Waals surface area contributed by atoms with Crippen LogP contribution in [-0.2, 0) is 12.8 Å². The molecule has 1 aliphatic carbocycles. The van der Waals surface area contributed by atoms with Gasteiger partial charge in [0, 0.05) is 11.9 Å². The molecule has 0 unspecified atom stereocenters. The van der Waals surface area contributed by atoms with E-state index in [2.05, 4.69) is 11.1 Å². The highest BCUT2D eigenvalue weighted by Crippen LogP contribution is 2.19. The highest BCUT2D eigenvalue weighted by Gasteiger charge is 2.11. The maximum atomic E-state index is 3.16. The van der Waals surface area contributed by atoms with Gasteiger partial charge in [-0.05, 0) is 24.5 Å². The molecular weight excluding hydrogens is 86.1 g/mol. The van der Waals surface area contributed by atoms with Gasteiger partial charge in [0.25, 0.3) is 0 Å². The van der Waals surface area contributed by atoms with Crippen molar-refractivity contribution in [1.29, 1.82) is 0 Å². The van der Waals surface area contributed by atoms with Gasteiger partial charge in [0.05, 0.1) is 0 Å². The third-order valence-corrected chi connectivity index (χ3v) is 1.57. The van der Waals surface area contributed by atoms with Crippen molar-refractivity contribution < 1.29 is 0 Å². The Hall–Kier alpha value is -0.720. The highest BCUT2D eigenvalue weighted by molar-refractivity contribution is 5.29. The van der Waals surface area contributed by atoms with Crippen LogP contribution in [0.2, 0.25) is 0 Å². The minimum Gasteiger partial charge on any atom is -0.365 e. The van der Waals surface area contributed by atoms with Crippen molar-refractivity contribution in [1.82, 2.24) is 4.98 Å². The van der Waals surface area contributed by atoms with Crippen LogP contribution in [0, 0.1) is 0 Å². The molecule has 1 aromatic heterocycles. The van der Waals surface area contributed by atoms with E-state index in [1.165, 1.54) is 24.1 Å². The Morgan fingerprint density at radius 1 is 1.43 bits per heavy atom. The predicted octanol–water partition coefficient (Wildman–Crippen LogP) is 1.11. The molecule has 1 nitrogen and oxygen atoms in total. The summed E-state index contributed by atoms with van der Waals surface area (Å²) in [5, 5.41) is 0. The van der Waals surface area contributed by atoms with Gasteiger partial charge in [0.1, 0.15) is 0 Å². The molecule has 36 valence electrons. The molecule has 1 aromatic rings. The second kappa shape index (κ2) is 0.915. The Morgan fingerprint density at radius 2 is 2.43 bits per heavy atom. The highest BCUT2D eigenvalue weighted by atomic mass is 14.7. The Kier molecular flexibility index (Phi) is 0.432. The molecule has 1 N–H and O–H groups in total. The van der Waals surface area contributed by atoms with E-state index in [-0.39, 0.29) is 0 Å². The molecule has 0 spiro atoms. The van der Waals surface area contributed by atoms with Gasteiger partial charge in [-0.2, -0.15) is 0 Å². The minimum absolute atomic E-state index is 1.27. The van der Waals surface area contributed by atoms with Crippen LogP contribution in [0.5, 0.6) is 0 Å². The lowest BCUT2D eigenvalue weighted by atomic mass is 9.97. The van der Waals surface area contributed by atoms with Gasteiger partial charge in [-0.25, -0.2) is 0 Å². The van der Waals surface area contributed by atoms with Crippen molar-refractivity contribution >= 4 is 0 Å². The Labute approximate surface area is 42.4 Å². The molecule has 1 heterocycles. The number of aromatic amines is 1. The number of rotatable bonds is 0. The molecule has 0 saturated heterocycles. The zero-order valence-corrected chi connectivity index (χ0v) is 4.07. The molecule has 0 saturated carbocycles. The normalized spacial score (nSPS) is 15.4. The van der Waals surface area contributed by atoms with Crippen LogP contribution in [0.1, 0.15) is 11.3 Å². The molecule has 0 atom stereocenters. The Bertz CT molecular complexity index is 158. The summed E-state index contributed by atoms with van der Waals surface area (Å²) in [5.41, 5.74) is 2.96. The fraction of sp³-hybridized carbons (Fsp3) is 0.333. The van der Waals surface area contributed by atoms with E-state index >= 15 is 0 Å². The van der Waals surface area contributed by atoms with Crippen molar-refractivity contribution in [2.24, 2.45) is 0 Å². The average Bonchev–Trinajstić information content (AvgIpc) is 1.85. The first-order chi connectivity index (χ1) is 3.47. The average molecular weight is 93.1 g/mol. The van der Waals surface area contributed by atoms with E-state index in [4.69, 9.17) is 0 Å². The Morgan fingerprint density at radius 3 is 2.71 bits per heavy atom. The summed E-state index contributed by atoms with van der Waals surface area (Å²) in [6, 6.07) is 2.15. The number of nitrogens with one attached hydrogen (secondary N) is 1. The van der Waals surface area contributed by atoms with Crippen LogP contribution in [0.4, 0.5) is 0 Å². The summed E-state index contributed by atoms with van der Waals surface area (Å²) in [7, 11) is 0. The number of hydrogen-bond donors (Lipinski definition) is 1. The van der Waals surface area contributed by atoms with Crippen molar-refractivity contribution in [3.8, 4) is 0 Å². The van der Waals surface area contributed by atoms with E-state index in [1.54, 1.807) is 0 Å². The second-order valence-electron chi connectivity index (χ2n) is 1.98. The van der Waals surface area contributed by atoms with Gasteiger partial charge in [-0.3, -0.25) is 0 Å². The lowest BCUT2D eigenvalue weighted by Gasteiger charge is -2.10. The monoisotopic (exact) mass is 93.1 g/mol. The molecule has 0 aromatic carbocycles. The standard InChI is InChI=1S/C6H7N/c1-2-6-5(1)3-4-7-6/h3-4,7H,1-2H2. The smallest absolute Gasteiger partial charge is 0.0183 e. The summed E-state index contributed by atoms with van der Waals surface area (Å²) in [5.74, 6) is 0. The van der Waals surface area contributed by atoms with Crippen molar-refractivity contribution in [3.63, 3.8) is 0 Å². The van der Waals surface area contributed by atoms with Gasteiger partial charge < -0.3 is 4.98 Å². The third kappa shape index (κ3) is 0.279. The largest absolute Gasteiger partial charge is 0.365 e. The van der Waals surface area contributed by atoms with Crippen LogP contribution in [0.15, 0.2) is 12.3 Å². The topological polar surface area (TPSA) is 15.8 Å². The molecule has 0 aliphatic heterocycles. The van der Waals surface area contributed by atoms with Gasteiger partial charge in [0.2, 0.25) is 0 Å². The van der Waals surface area contributed by atoms with Crippen LogP contribution in [-0.4, -0.2) is 4.98 Å². The zero-order chi connectivity index (χ0) is 4.69. The second-order valence-corrected chi connectivity index (χ2v) is 1.98. The van der Waals surface area contributed by atoms with E-state index in [0.717, 1.165) is 0 Å². The third-order valence-electron chi connectivity index (χ3n) is 1.57. The maximum Gasteiger partial charge on any atom is 0.0183 e. The number of H-pyrrole nitrogens is 1. The van der Waals surface area contributed by atoms with Crippen molar-refractivity contribution in [3.05, 3.63) is 23.5 Å². The molecule has 1 aliphatic rings. The van der Waals surface area contributed by atoms with E-state index in [1.807, 2.05) is 6.20 Å². The number of hydrogen-bond acceptors (Lipinski definition) is 0. The summed E-state index contributed by atoms with van der Waals surface area (Å²) >= 11 is 0. The molecular formula is C6H7N. The van der Waals surface area contributed by atoms with Crippen molar-refractivity contribution in [2.45, 2.75) is 12.8 Å². The Balaban J connectivity index is 2.69. The van der Waals surface area contributed by atoms with E-state index in [0.29, 0.717) is 0 Å². The van der Waals surface area contributed by atoms with Gasteiger partial charge in [0.15, 0.2) is 0 Å². The maximum absolute atomic E-state index is 3.16. The lowest BCUT2D eigenvalue weighted by Crippen LogP contribution is -2.04. The summed E-state index contributed by atoms with van der Waals surface area (Å²) in [4.78, 5) is 3.16. The summed E-state index contributed by atoms with van der Waals surface area (Å²) < 4.78 is 0. The number of fused-ring (bicyclic) bond motifs is 1. The molecule has 0 amide bonds. The lowest BCUT2D eigenvalue weighted by molar-refractivity contribution is 0.815. The van der Waals surface area contributed by atoms with Crippen LogP contribution < -0.4 is 0 Å². The van der Waals surface area contributed by atoms with Gasteiger partial charge in [-0.15, -0.1) is 0 Å². The first-order valence-electron chi connectivity index (χ1n) is 2.62. The molecule has 0 fully saturated rings. The zero-order valence-electron chi connectivity index (χ0n) is 4.07. The summed E-state index contributed by atoms with van der Waals surface area (Å²) in [6.45, 7) is 0. The predicted molar refractivity (Wildman–Crippen MR) is 28.2 cm³/mol. The number of aromatic nitrogens is 1. The fourth-order valence-corrected chi connectivity index (χ4v) is 0.986. The first kappa shape index (κ1) is 3.30. The molecule has 0 bridgehead atoms. The van der Waals surface area contributed by atoms with Crippen LogP contribution in [0.3, 0.4) is 0 Å². The minimum atomic E-state index is 1.27.